The molecular weight excluding hydrogens is 526 g/mol. The lowest BCUT2D eigenvalue weighted by Gasteiger charge is -2.16. The topological polar surface area (TPSA) is 85.3 Å². The van der Waals surface area contributed by atoms with Crippen LogP contribution in [0.3, 0.4) is 0 Å². The van der Waals surface area contributed by atoms with Crippen LogP contribution in [-0.2, 0) is 31.8 Å². The van der Waals surface area contributed by atoms with Crippen LogP contribution in [0, 0.1) is 0 Å². The summed E-state index contributed by atoms with van der Waals surface area (Å²) in [7, 11) is 1.00. The van der Waals surface area contributed by atoms with Crippen LogP contribution in [0.1, 0.15) is 99.2 Å². The summed E-state index contributed by atoms with van der Waals surface area (Å²) in [4.78, 5) is 27.4. The van der Waals surface area contributed by atoms with E-state index in [0.29, 0.717) is 17.9 Å². The van der Waals surface area contributed by atoms with Crippen LogP contribution < -0.4 is 4.90 Å². The predicted molar refractivity (Wildman–Crippen MR) is 162 cm³/mol. The van der Waals surface area contributed by atoms with Crippen LogP contribution in [0.4, 0.5) is 5.69 Å². The molecule has 2 aliphatic rings. The second-order valence-electron chi connectivity index (χ2n) is 10.5. The van der Waals surface area contributed by atoms with Gasteiger partial charge in [0.2, 0.25) is 5.91 Å². The molecule has 0 aliphatic carbocycles. The summed E-state index contributed by atoms with van der Waals surface area (Å²) in [6.45, 7) is 9.70. The molecule has 1 aromatic heterocycles. The lowest BCUT2D eigenvalue weighted by Crippen LogP contribution is -2.25. The molecule has 0 saturated carbocycles. The summed E-state index contributed by atoms with van der Waals surface area (Å²) in [5, 5.41) is 7.00. The van der Waals surface area contributed by atoms with E-state index in [1.807, 2.05) is 30.9 Å². The molecule has 2 aliphatic heterocycles. The van der Waals surface area contributed by atoms with Crippen LogP contribution in [0.2, 0.25) is 0 Å². The van der Waals surface area contributed by atoms with Gasteiger partial charge in [-0.1, -0.05) is 51.7 Å². The molecule has 1 aromatic carbocycles. The minimum Gasteiger partial charge on any atom is -0.459 e. The van der Waals surface area contributed by atoms with Crippen molar-refractivity contribution in [2.75, 3.05) is 31.8 Å². The fraction of sp³-hybridized carbons (Fsp3) is 0.625. The first-order valence-corrected chi connectivity index (χ1v) is 15.5. The fourth-order valence-corrected chi connectivity index (χ4v) is 5.52. The van der Waals surface area contributed by atoms with Crippen molar-refractivity contribution in [3.05, 3.63) is 51.7 Å². The van der Waals surface area contributed by atoms with Gasteiger partial charge in [-0.05, 0) is 75.8 Å². The summed E-state index contributed by atoms with van der Waals surface area (Å²) in [5.74, 6) is -0.579. The molecule has 7 nitrogen and oxygen atoms in total. The van der Waals surface area contributed by atoms with Gasteiger partial charge in [0, 0.05) is 30.6 Å². The Morgan fingerprint density at radius 3 is 2.35 bits per heavy atom. The lowest BCUT2D eigenvalue weighted by molar-refractivity contribution is -0.142. The number of aliphatic hydroxyl groups excluding tert-OH is 1. The van der Waals surface area contributed by atoms with Gasteiger partial charge in [-0.2, -0.15) is 0 Å². The Morgan fingerprint density at radius 2 is 1.75 bits per heavy atom. The Kier molecular flexibility index (Phi) is 15.5. The number of carbonyl (C=O) groups excluding carboxylic acids is 2. The Balaban J connectivity index is 0.000000265. The third-order valence-electron chi connectivity index (χ3n) is 6.75. The van der Waals surface area contributed by atoms with Gasteiger partial charge in [0.15, 0.2) is 5.79 Å². The lowest BCUT2D eigenvalue weighted by atomic mass is 10.1. The molecule has 0 spiro atoms. The average Bonchev–Trinajstić information content (AvgIpc) is 3.70. The highest BCUT2D eigenvalue weighted by atomic mass is 32.1. The smallest absolute Gasteiger partial charge is 0.348 e. The van der Waals surface area contributed by atoms with E-state index in [4.69, 9.17) is 19.3 Å². The van der Waals surface area contributed by atoms with Crippen LogP contribution in [0.15, 0.2) is 36.4 Å². The van der Waals surface area contributed by atoms with Crippen LogP contribution in [0.5, 0.6) is 0 Å². The molecule has 1 atom stereocenters. The maximum atomic E-state index is 11.9. The molecule has 1 N–H and O–H groups in total. The van der Waals surface area contributed by atoms with Crippen molar-refractivity contribution in [3.63, 3.8) is 0 Å². The molecule has 4 rings (SSSR count). The van der Waals surface area contributed by atoms with Crippen molar-refractivity contribution in [1.29, 1.82) is 0 Å². The first-order chi connectivity index (χ1) is 19.3. The minimum atomic E-state index is -0.576. The molecule has 224 valence electrons. The summed E-state index contributed by atoms with van der Waals surface area (Å²) in [6.07, 6.45) is 11.2. The minimum absolute atomic E-state index is 0.173. The van der Waals surface area contributed by atoms with Gasteiger partial charge in [-0.15, -0.1) is 11.3 Å². The number of hydrogen-bond donors (Lipinski definition) is 1. The number of thiophene rings is 1. The quantitative estimate of drug-likeness (QED) is 0.218. The Labute approximate surface area is 244 Å². The molecule has 40 heavy (non-hydrogen) atoms. The van der Waals surface area contributed by atoms with E-state index in [9.17, 15) is 9.59 Å². The number of rotatable bonds is 12. The molecule has 3 heterocycles. The van der Waals surface area contributed by atoms with Crippen molar-refractivity contribution in [2.24, 2.45) is 0 Å². The average molecular weight is 576 g/mol. The first kappa shape index (κ1) is 33.9. The number of unbranched alkanes of at least 4 members (excludes halogenated alkanes) is 4. The van der Waals surface area contributed by atoms with Crippen LogP contribution in [0.25, 0.3) is 0 Å². The predicted octanol–water partition coefficient (Wildman–Crippen LogP) is 6.94. The Hall–Kier alpha value is -2.26. The van der Waals surface area contributed by atoms with Crippen molar-refractivity contribution in [2.45, 2.75) is 104 Å². The van der Waals surface area contributed by atoms with E-state index in [1.54, 1.807) is 0 Å². The van der Waals surface area contributed by atoms with Crippen LogP contribution in [-0.4, -0.2) is 55.7 Å². The second kappa shape index (κ2) is 18.2. The fourth-order valence-electron chi connectivity index (χ4n) is 4.58. The number of nitrogens with zero attached hydrogens (tertiary/aromatic N) is 1. The summed E-state index contributed by atoms with van der Waals surface area (Å²) < 4.78 is 16.3. The van der Waals surface area contributed by atoms with Gasteiger partial charge in [0.1, 0.15) is 17.6 Å². The van der Waals surface area contributed by atoms with E-state index in [2.05, 4.69) is 38.1 Å². The zero-order chi connectivity index (χ0) is 29.4. The standard InChI is InChI=1S/C16H23NO.C15H22O4S.CH4O/c1-2-3-4-5-7-14-9-11-15(12-10-14)17-13-6-8-16(17)18;1-4-5-6-12-7-8-13(20-12)14(16)17-9-11-10-18-15(2,3)19-11;1-2/h9-12H,2-8,13H2,1H3;7-8,11H,4-6,9-10H2,1-3H3;2H,1H3. The zero-order valence-electron chi connectivity index (χ0n) is 25.1. The van der Waals surface area contributed by atoms with E-state index in [0.717, 1.165) is 51.4 Å². The maximum absolute atomic E-state index is 11.9. The second-order valence-corrected chi connectivity index (χ2v) is 11.7. The molecule has 1 amide bonds. The maximum Gasteiger partial charge on any atom is 0.348 e. The van der Waals surface area contributed by atoms with Gasteiger partial charge in [-0.3, -0.25) is 4.79 Å². The number of aliphatic hydroxyl groups is 1. The monoisotopic (exact) mass is 575 g/mol. The zero-order valence-corrected chi connectivity index (χ0v) is 25.9. The number of hydrogen-bond acceptors (Lipinski definition) is 7. The third-order valence-corrected chi connectivity index (χ3v) is 7.87. The number of carbonyl (C=O) groups is 2. The number of ether oxygens (including phenoxy) is 3. The number of aryl methyl sites for hydroxylation is 2. The van der Waals surface area contributed by atoms with Crippen molar-refractivity contribution in [3.8, 4) is 0 Å². The summed E-state index contributed by atoms with van der Waals surface area (Å²) in [6, 6.07) is 12.4. The number of benzene rings is 1. The molecule has 2 saturated heterocycles. The van der Waals surface area contributed by atoms with Gasteiger partial charge in [0.05, 0.1) is 6.61 Å². The molecule has 8 heteroatoms. The van der Waals surface area contributed by atoms with Gasteiger partial charge in [0.25, 0.3) is 0 Å². The van der Waals surface area contributed by atoms with E-state index >= 15 is 0 Å². The summed E-state index contributed by atoms with van der Waals surface area (Å²) in [5.41, 5.74) is 2.45. The Bertz CT molecular complexity index is 1000. The highest BCUT2D eigenvalue weighted by Gasteiger charge is 2.33. The van der Waals surface area contributed by atoms with Crippen molar-refractivity contribution < 1.29 is 28.9 Å². The molecule has 0 bridgehead atoms. The highest BCUT2D eigenvalue weighted by Crippen LogP contribution is 2.24. The first-order valence-electron chi connectivity index (χ1n) is 14.7. The van der Waals surface area contributed by atoms with E-state index in [-0.39, 0.29) is 24.6 Å². The molecule has 1 unspecified atom stereocenters. The normalized spacial score (nSPS) is 17.6. The Morgan fingerprint density at radius 1 is 1.02 bits per heavy atom. The van der Waals surface area contributed by atoms with Crippen LogP contribution >= 0.6 is 11.3 Å². The van der Waals surface area contributed by atoms with E-state index < -0.39 is 5.79 Å². The largest absolute Gasteiger partial charge is 0.459 e. The summed E-state index contributed by atoms with van der Waals surface area (Å²) >= 11 is 1.52. The van der Waals surface area contributed by atoms with Gasteiger partial charge < -0.3 is 24.2 Å². The third kappa shape index (κ3) is 11.7. The SMILES string of the molecule is CCCCCCc1ccc(N2CCCC2=O)cc1.CCCCc1ccc(C(=O)OCC2COC(C)(C)O2)s1.CO. The number of esters is 1. The van der Waals surface area contributed by atoms with Gasteiger partial charge >= 0.3 is 5.97 Å². The molecule has 0 radical (unpaired) electrons. The van der Waals surface area contributed by atoms with E-state index in [1.165, 1.54) is 47.5 Å². The molecular formula is C32H49NO6S. The van der Waals surface area contributed by atoms with Crippen molar-refractivity contribution >= 4 is 28.9 Å². The molecule has 2 fully saturated rings. The highest BCUT2D eigenvalue weighted by molar-refractivity contribution is 7.13. The van der Waals surface area contributed by atoms with Gasteiger partial charge in [-0.25, -0.2) is 4.79 Å². The number of amides is 1. The van der Waals surface area contributed by atoms with Crippen molar-refractivity contribution in [1.82, 2.24) is 0 Å². The molecule has 2 aromatic rings. The number of anilines is 1.